The van der Waals surface area contributed by atoms with E-state index in [-0.39, 0.29) is 22.1 Å². The number of fused-ring (bicyclic) bond motifs is 2. The molecule has 9 heteroatoms. The summed E-state index contributed by atoms with van der Waals surface area (Å²) in [5, 5.41) is 9.42. The van der Waals surface area contributed by atoms with Crippen LogP contribution in [0.15, 0.2) is 17.1 Å². The third-order valence-electron chi connectivity index (χ3n) is 5.93. The molecule has 0 spiro atoms. The third-order valence-corrected chi connectivity index (χ3v) is 6.55. The molecule has 1 saturated heterocycles. The van der Waals surface area contributed by atoms with Crippen molar-refractivity contribution in [1.82, 2.24) is 4.57 Å². The van der Waals surface area contributed by atoms with Gasteiger partial charge in [-0.05, 0) is 30.7 Å². The average Bonchev–Trinajstić information content (AvgIpc) is 2.98. The lowest BCUT2D eigenvalue weighted by Gasteiger charge is -2.36. The molecule has 1 aliphatic heterocycles. The number of nitrogens with zero attached hydrogens (tertiary/aromatic N) is 2. The summed E-state index contributed by atoms with van der Waals surface area (Å²) in [7, 11) is 0. The summed E-state index contributed by atoms with van der Waals surface area (Å²) < 4.78 is 16.6. The second-order valence-electron chi connectivity index (χ2n) is 7.56. The highest BCUT2D eigenvalue weighted by molar-refractivity contribution is 6.38. The van der Waals surface area contributed by atoms with Crippen LogP contribution >= 0.6 is 23.2 Å². The molecule has 150 valence electrons. The zero-order valence-electron chi connectivity index (χ0n) is 15.0. The SMILES string of the molecule is N[C@@H]1C[C@@H]2CN(c3c(F)cc4c(=O)c(C(=O)O)cn(CCCCl)c4c3Cl)C[C@@H]21. The molecule has 0 amide bonds. The van der Waals surface area contributed by atoms with Crippen LogP contribution in [0.1, 0.15) is 23.2 Å². The largest absolute Gasteiger partial charge is 0.477 e. The van der Waals surface area contributed by atoms with Crippen molar-refractivity contribution in [2.75, 3.05) is 23.9 Å². The van der Waals surface area contributed by atoms with E-state index >= 15 is 4.39 Å². The molecule has 3 N–H and O–H groups in total. The minimum absolute atomic E-state index is 0.0420. The number of aromatic carboxylic acids is 1. The van der Waals surface area contributed by atoms with Gasteiger partial charge in [0.25, 0.3) is 0 Å². The first-order valence-corrected chi connectivity index (χ1v) is 10.1. The lowest BCUT2D eigenvalue weighted by Crippen LogP contribution is -2.46. The number of aryl methyl sites for hydroxylation is 1. The summed E-state index contributed by atoms with van der Waals surface area (Å²) in [6, 6.07) is 1.22. The summed E-state index contributed by atoms with van der Waals surface area (Å²) in [4.78, 5) is 26.0. The molecule has 1 aromatic heterocycles. The second-order valence-corrected chi connectivity index (χ2v) is 8.31. The Bertz CT molecular complexity index is 1030. The first-order valence-electron chi connectivity index (χ1n) is 9.18. The van der Waals surface area contributed by atoms with Gasteiger partial charge >= 0.3 is 5.97 Å². The maximum Gasteiger partial charge on any atom is 0.341 e. The summed E-state index contributed by atoms with van der Waals surface area (Å²) >= 11 is 12.4. The fourth-order valence-corrected chi connectivity index (χ4v) is 5.01. The van der Waals surface area contributed by atoms with Crippen molar-refractivity contribution in [2.45, 2.75) is 25.4 Å². The third kappa shape index (κ3) is 2.96. The van der Waals surface area contributed by atoms with Crippen LogP contribution in [0.25, 0.3) is 10.9 Å². The van der Waals surface area contributed by atoms with Crippen LogP contribution in [0.3, 0.4) is 0 Å². The zero-order chi connectivity index (χ0) is 20.2. The normalized spacial score (nSPS) is 23.7. The molecule has 1 aromatic carbocycles. The van der Waals surface area contributed by atoms with Crippen molar-refractivity contribution in [3.8, 4) is 0 Å². The maximum absolute atomic E-state index is 15.0. The lowest BCUT2D eigenvalue weighted by atomic mass is 9.72. The molecule has 1 aliphatic carbocycles. The second kappa shape index (κ2) is 7.21. The van der Waals surface area contributed by atoms with Gasteiger partial charge in [-0.15, -0.1) is 11.6 Å². The van der Waals surface area contributed by atoms with E-state index in [1.165, 1.54) is 6.20 Å². The number of carboxylic acid groups (broad SMARTS) is 1. The Labute approximate surface area is 170 Å². The number of rotatable bonds is 5. The van der Waals surface area contributed by atoms with Crippen LogP contribution in [0.5, 0.6) is 0 Å². The fourth-order valence-electron chi connectivity index (χ4n) is 4.47. The molecule has 4 rings (SSSR count). The summed E-state index contributed by atoms with van der Waals surface area (Å²) in [5.74, 6) is -0.893. The van der Waals surface area contributed by atoms with Crippen molar-refractivity contribution in [2.24, 2.45) is 17.6 Å². The predicted molar refractivity (Wildman–Crippen MR) is 107 cm³/mol. The topological polar surface area (TPSA) is 88.6 Å². The number of carbonyl (C=O) groups is 1. The lowest BCUT2D eigenvalue weighted by molar-refractivity contribution is 0.0695. The van der Waals surface area contributed by atoms with E-state index in [9.17, 15) is 14.7 Å². The minimum Gasteiger partial charge on any atom is -0.477 e. The van der Waals surface area contributed by atoms with E-state index in [4.69, 9.17) is 28.9 Å². The van der Waals surface area contributed by atoms with Gasteiger partial charge in [0.1, 0.15) is 11.4 Å². The number of hydrogen-bond acceptors (Lipinski definition) is 4. The van der Waals surface area contributed by atoms with Crippen LogP contribution in [0.4, 0.5) is 10.1 Å². The molecule has 2 aliphatic rings. The van der Waals surface area contributed by atoms with Crippen molar-refractivity contribution < 1.29 is 14.3 Å². The highest BCUT2D eigenvalue weighted by atomic mass is 35.5. The molecule has 6 nitrogen and oxygen atoms in total. The van der Waals surface area contributed by atoms with Gasteiger partial charge in [0.05, 0.1) is 21.6 Å². The Morgan fingerprint density at radius 1 is 1.39 bits per heavy atom. The van der Waals surface area contributed by atoms with Gasteiger partial charge in [0.2, 0.25) is 5.43 Å². The molecule has 2 aromatic rings. The highest BCUT2D eigenvalue weighted by Gasteiger charge is 2.46. The molecule has 0 radical (unpaired) electrons. The number of anilines is 1. The first-order chi connectivity index (χ1) is 13.3. The molecule has 2 heterocycles. The maximum atomic E-state index is 15.0. The van der Waals surface area contributed by atoms with Gasteiger partial charge < -0.3 is 20.3 Å². The fraction of sp³-hybridized carbons (Fsp3) is 0.474. The Kier molecular flexibility index (Phi) is 5.02. The molecule has 1 saturated carbocycles. The van der Waals surface area contributed by atoms with Gasteiger partial charge in [0.15, 0.2) is 0 Å². The van der Waals surface area contributed by atoms with Crippen LogP contribution < -0.4 is 16.1 Å². The number of alkyl halides is 1. The van der Waals surface area contributed by atoms with E-state index in [1.807, 2.05) is 4.90 Å². The van der Waals surface area contributed by atoms with Crippen LogP contribution in [0, 0.1) is 17.7 Å². The summed E-state index contributed by atoms with van der Waals surface area (Å²) in [5.41, 5.74) is 5.46. The number of pyridine rings is 1. The van der Waals surface area contributed by atoms with Crippen LogP contribution in [0.2, 0.25) is 5.02 Å². The Balaban J connectivity index is 1.90. The molecule has 2 fully saturated rings. The van der Waals surface area contributed by atoms with Crippen LogP contribution in [-0.4, -0.2) is 40.7 Å². The monoisotopic (exact) mass is 427 g/mol. The predicted octanol–water partition coefficient (Wildman–Crippen LogP) is 2.90. The van der Waals surface area contributed by atoms with E-state index < -0.39 is 22.8 Å². The van der Waals surface area contributed by atoms with Gasteiger partial charge in [-0.3, -0.25) is 4.79 Å². The van der Waals surface area contributed by atoms with Crippen molar-refractivity contribution in [1.29, 1.82) is 0 Å². The van der Waals surface area contributed by atoms with Gasteiger partial charge in [-0.25, -0.2) is 9.18 Å². The minimum atomic E-state index is -1.36. The zero-order valence-corrected chi connectivity index (χ0v) is 16.5. The van der Waals surface area contributed by atoms with Crippen molar-refractivity contribution in [3.05, 3.63) is 38.9 Å². The molecule has 0 unspecified atom stereocenters. The summed E-state index contributed by atoms with van der Waals surface area (Å²) in [6.07, 6.45) is 2.72. The van der Waals surface area contributed by atoms with Crippen LogP contribution in [-0.2, 0) is 6.54 Å². The number of benzene rings is 1. The highest BCUT2D eigenvalue weighted by Crippen LogP contribution is 2.45. The molecule has 0 bridgehead atoms. The number of hydrogen-bond donors (Lipinski definition) is 2. The number of halogens is 3. The number of aromatic nitrogens is 1. The van der Waals surface area contributed by atoms with Gasteiger partial charge in [0, 0.05) is 37.8 Å². The van der Waals surface area contributed by atoms with Crippen molar-refractivity contribution >= 4 is 45.8 Å². The van der Waals surface area contributed by atoms with E-state index in [1.54, 1.807) is 4.57 Å². The Morgan fingerprint density at radius 3 is 2.75 bits per heavy atom. The quantitative estimate of drug-likeness (QED) is 0.716. The molecular formula is C19H20Cl2FN3O3. The Hall–Kier alpha value is -1.83. The smallest absolute Gasteiger partial charge is 0.341 e. The standard InChI is InChI=1S/C19H20Cl2FN3O3/c20-2-1-3-24-8-12(19(27)28)18(26)10-5-13(22)17(15(21)16(10)24)25-6-9-4-14(23)11(9)7-25/h5,8-9,11,14H,1-4,6-7,23H2,(H,27,28)/t9-,11+,14-/m1/s1. The summed E-state index contributed by atoms with van der Waals surface area (Å²) in [6.45, 7) is 1.65. The van der Waals surface area contributed by atoms with Gasteiger partial charge in [-0.1, -0.05) is 11.6 Å². The first kappa shape index (κ1) is 19.5. The Morgan fingerprint density at radius 2 is 2.14 bits per heavy atom. The van der Waals surface area contributed by atoms with E-state index in [2.05, 4.69) is 0 Å². The van der Waals surface area contributed by atoms with Gasteiger partial charge in [-0.2, -0.15) is 0 Å². The molecule has 28 heavy (non-hydrogen) atoms. The molecule has 3 atom stereocenters. The van der Waals surface area contributed by atoms with E-state index in [0.717, 1.165) is 12.5 Å². The molecular weight excluding hydrogens is 408 g/mol. The average molecular weight is 428 g/mol. The van der Waals surface area contributed by atoms with Crippen molar-refractivity contribution in [3.63, 3.8) is 0 Å². The van der Waals surface area contributed by atoms with E-state index in [0.29, 0.717) is 49.3 Å². The number of carboxylic acids is 1. The number of nitrogens with two attached hydrogens (primary N) is 1.